The highest BCUT2D eigenvalue weighted by Gasteiger charge is 2.25. The molecule has 0 fully saturated rings. The van der Waals surface area contributed by atoms with Crippen LogP contribution >= 0.6 is 0 Å². The summed E-state index contributed by atoms with van der Waals surface area (Å²) in [5.41, 5.74) is 6.16. The molecule has 0 aliphatic rings. The van der Waals surface area contributed by atoms with Gasteiger partial charge in [0, 0.05) is 0 Å². The largest absolute Gasteiger partial charge is 0.507 e. The van der Waals surface area contributed by atoms with E-state index in [1.54, 1.807) is 0 Å². The third kappa shape index (κ3) is 3.90. The zero-order chi connectivity index (χ0) is 21.3. The first-order valence-electron chi connectivity index (χ1n) is 10.1. The van der Waals surface area contributed by atoms with E-state index in [-0.39, 0.29) is 17.9 Å². The Morgan fingerprint density at radius 3 is 2.00 bits per heavy atom. The summed E-state index contributed by atoms with van der Waals surface area (Å²) in [6, 6.07) is 10.1. The van der Waals surface area contributed by atoms with Crippen LogP contribution < -0.4 is 5.32 Å². The van der Waals surface area contributed by atoms with E-state index in [1.807, 2.05) is 17.8 Å². The molecule has 29 heavy (non-hydrogen) atoms. The molecule has 1 atom stereocenters. The van der Waals surface area contributed by atoms with Gasteiger partial charge in [0.05, 0.1) is 11.7 Å². The van der Waals surface area contributed by atoms with Gasteiger partial charge in [0.2, 0.25) is 0 Å². The monoisotopic (exact) mass is 393 g/mol. The maximum absolute atomic E-state index is 10.8. The van der Waals surface area contributed by atoms with Crippen molar-refractivity contribution in [1.82, 2.24) is 25.5 Å². The third-order valence-electron chi connectivity index (χ3n) is 5.46. The van der Waals surface area contributed by atoms with Gasteiger partial charge in [-0.3, -0.25) is 0 Å². The molecular weight excluding hydrogens is 362 g/mol. The zero-order valence-electron chi connectivity index (χ0n) is 18.4. The number of hydrogen-bond acceptors (Lipinski definition) is 5. The SMILES string of the molecule is CN[C@H](c1cc(C(C)C)c(O)c(C(C)C)c1)c1nnnn1-c1c(C)cccc1C. The molecule has 0 amide bonds. The van der Waals surface area contributed by atoms with Crippen molar-refractivity contribution in [2.24, 2.45) is 0 Å². The number of nitrogens with zero attached hydrogens (tertiary/aromatic N) is 4. The first-order valence-corrected chi connectivity index (χ1v) is 10.1. The summed E-state index contributed by atoms with van der Waals surface area (Å²) in [4.78, 5) is 0. The molecule has 3 rings (SSSR count). The lowest BCUT2D eigenvalue weighted by Crippen LogP contribution is -2.23. The predicted octanol–water partition coefficient (Wildman–Crippen LogP) is 4.54. The Morgan fingerprint density at radius 2 is 1.52 bits per heavy atom. The molecule has 0 aliphatic heterocycles. The Bertz CT molecular complexity index is 957. The van der Waals surface area contributed by atoms with E-state index in [4.69, 9.17) is 0 Å². The topological polar surface area (TPSA) is 75.9 Å². The van der Waals surface area contributed by atoms with Gasteiger partial charge in [-0.1, -0.05) is 45.9 Å². The summed E-state index contributed by atoms with van der Waals surface area (Å²) in [6.07, 6.45) is 0. The summed E-state index contributed by atoms with van der Waals surface area (Å²) in [5, 5.41) is 26.8. The fraction of sp³-hybridized carbons (Fsp3) is 0.435. The standard InChI is InChI=1S/C23H31N5O/c1-13(2)18-11-17(12-19(14(3)4)22(18)29)20(24-7)23-25-26-27-28(23)21-15(5)9-8-10-16(21)6/h8-14,20,24,29H,1-7H3/t20-/m1/s1. The number of rotatable bonds is 6. The van der Waals surface area contributed by atoms with Gasteiger partial charge in [-0.25, -0.2) is 0 Å². The number of tetrazole rings is 1. The Hall–Kier alpha value is -2.73. The number of aryl methyl sites for hydroxylation is 2. The Balaban J connectivity index is 2.19. The number of phenols is 1. The number of aromatic hydroxyl groups is 1. The molecule has 0 spiro atoms. The normalized spacial score (nSPS) is 12.7. The molecule has 2 aromatic carbocycles. The van der Waals surface area contributed by atoms with E-state index in [2.05, 4.69) is 86.7 Å². The second kappa shape index (κ2) is 8.33. The van der Waals surface area contributed by atoms with Gasteiger partial charge in [0.1, 0.15) is 5.75 Å². The molecule has 0 aliphatic carbocycles. The van der Waals surface area contributed by atoms with Crippen molar-refractivity contribution < 1.29 is 5.11 Å². The number of nitrogens with one attached hydrogen (secondary N) is 1. The van der Waals surface area contributed by atoms with Crippen molar-refractivity contribution in [2.75, 3.05) is 7.05 Å². The Morgan fingerprint density at radius 1 is 0.966 bits per heavy atom. The molecule has 0 unspecified atom stereocenters. The van der Waals surface area contributed by atoms with Crippen molar-refractivity contribution in [3.8, 4) is 11.4 Å². The van der Waals surface area contributed by atoms with Gasteiger partial charge in [-0.2, -0.15) is 4.68 Å². The van der Waals surface area contributed by atoms with Crippen molar-refractivity contribution in [3.05, 3.63) is 64.0 Å². The summed E-state index contributed by atoms with van der Waals surface area (Å²) < 4.78 is 1.82. The van der Waals surface area contributed by atoms with Crippen LogP contribution in [0.5, 0.6) is 5.75 Å². The van der Waals surface area contributed by atoms with Crippen LogP contribution in [-0.4, -0.2) is 32.4 Å². The fourth-order valence-corrected chi connectivity index (χ4v) is 3.87. The van der Waals surface area contributed by atoms with Crippen molar-refractivity contribution >= 4 is 0 Å². The minimum Gasteiger partial charge on any atom is -0.507 e. The molecule has 0 bridgehead atoms. The van der Waals surface area contributed by atoms with Crippen LogP contribution in [0.1, 0.15) is 79.2 Å². The van der Waals surface area contributed by atoms with Crippen LogP contribution in [0.25, 0.3) is 5.69 Å². The third-order valence-corrected chi connectivity index (χ3v) is 5.46. The van der Waals surface area contributed by atoms with Gasteiger partial charge < -0.3 is 10.4 Å². The van der Waals surface area contributed by atoms with Crippen LogP contribution in [0, 0.1) is 13.8 Å². The molecule has 3 aromatic rings. The molecular formula is C23H31N5O. The molecule has 6 nitrogen and oxygen atoms in total. The van der Waals surface area contributed by atoms with E-state index in [0.717, 1.165) is 39.3 Å². The van der Waals surface area contributed by atoms with E-state index < -0.39 is 0 Å². The van der Waals surface area contributed by atoms with Crippen LogP contribution in [0.2, 0.25) is 0 Å². The first kappa shape index (κ1) is 21.0. The summed E-state index contributed by atoms with van der Waals surface area (Å²) in [7, 11) is 1.91. The molecule has 0 radical (unpaired) electrons. The smallest absolute Gasteiger partial charge is 0.178 e. The van der Waals surface area contributed by atoms with Crippen LogP contribution in [-0.2, 0) is 0 Å². The molecule has 154 valence electrons. The molecule has 0 saturated heterocycles. The van der Waals surface area contributed by atoms with Gasteiger partial charge in [0.25, 0.3) is 0 Å². The lowest BCUT2D eigenvalue weighted by molar-refractivity contribution is 0.453. The zero-order valence-corrected chi connectivity index (χ0v) is 18.4. The second-order valence-corrected chi connectivity index (χ2v) is 8.27. The summed E-state index contributed by atoms with van der Waals surface area (Å²) in [6.45, 7) is 12.5. The van der Waals surface area contributed by atoms with Gasteiger partial charge >= 0.3 is 0 Å². The minimum atomic E-state index is -0.209. The highest BCUT2D eigenvalue weighted by Crippen LogP contribution is 2.37. The maximum Gasteiger partial charge on any atom is 0.178 e. The quantitative estimate of drug-likeness (QED) is 0.643. The molecule has 1 heterocycles. The Labute approximate surface area is 173 Å². The van der Waals surface area contributed by atoms with E-state index in [9.17, 15) is 5.11 Å². The molecule has 1 aromatic heterocycles. The van der Waals surface area contributed by atoms with Gasteiger partial charge in [-0.05, 0) is 83.1 Å². The highest BCUT2D eigenvalue weighted by atomic mass is 16.3. The van der Waals surface area contributed by atoms with Crippen molar-refractivity contribution in [2.45, 2.75) is 59.4 Å². The fourth-order valence-electron chi connectivity index (χ4n) is 3.87. The van der Waals surface area contributed by atoms with Crippen LogP contribution in [0.4, 0.5) is 0 Å². The lowest BCUT2D eigenvalue weighted by atomic mass is 9.89. The van der Waals surface area contributed by atoms with E-state index >= 15 is 0 Å². The minimum absolute atomic E-state index is 0.208. The van der Waals surface area contributed by atoms with Gasteiger partial charge in [0.15, 0.2) is 5.82 Å². The average Bonchev–Trinajstić information content (AvgIpc) is 3.11. The average molecular weight is 394 g/mol. The maximum atomic E-state index is 10.8. The van der Waals surface area contributed by atoms with E-state index in [0.29, 0.717) is 5.75 Å². The van der Waals surface area contributed by atoms with Gasteiger partial charge in [-0.15, -0.1) is 5.10 Å². The van der Waals surface area contributed by atoms with Crippen LogP contribution in [0.15, 0.2) is 30.3 Å². The molecule has 0 saturated carbocycles. The first-order chi connectivity index (χ1) is 13.8. The number of phenolic OH excluding ortho intramolecular Hbond substituents is 1. The number of aromatic nitrogens is 4. The molecule has 6 heteroatoms. The number of hydrogen-bond donors (Lipinski definition) is 2. The second-order valence-electron chi connectivity index (χ2n) is 8.27. The highest BCUT2D eigenvalue weighted by molar-refractivity contribution is 5.50. The summed E-state index contributed by atoms with van der Waals surface area (Å²) in [5.74, 6) is 1.53. The predicted molar refractivity (Wildman–Crippen MR) is 116 cm³/mol. The molecule has 2 N–H and O–H groups in total. The van der Waals surface area contributed by atoms with Crippen molar-refractivity contribution in [3.63, 3.8) is 0 Å². The number of benzene rings is 2. The van der Waals surface area contributed by atoms with Crippen molar-refractivity contribution in [1.29, 1.82) is 0 Å². The lowest BCUT2D eigenvalue weighted by Gasteiger charge is -2.22. The van der Waals surface area contributed by atoms with Crippen LogP contribution in [0.3, 0.4) is 0 Å². The van der Waals surface area contributed by atoms with E-state index in [1.165, 1.54) is 0 Å². The summed E-state index contributed by atoms with van der Waals surface area (Å²) >= 11 is 0. The Kier molecular flexibility index (Phi) is 6.03. The number of para-hydroxylation sites is 1.